The van der Waals surface area contributed by atoms with Gasteiger partial charge in [0, 0.05) is 19.5 Å². The highest BCUT2D eigenvalue weighted by Crippen LogP contribution is 2.14. The first kappa shape index (κ1) is 19.3. The number of hydrogen-bond donors (Lipinski definition) is 0. The normalized spacial score (nSPS) is 20.6. The van der Waals surface area contributed by atoms with Crippen LogP contribution in [0.2, 0.25) is 0 Å². The minimum Gasteiger partial charge on any atom is -0.339 e. The van der Waals surface area contributed by atoms with E-state index >= 15 is 0 Å². The largest absolute Gasteiger partial charge is 0.339 e. The van der Waals surface area contributed by atoms with Gasteiger partial charge in [-0.3, -0.25) is 4.79 Å². The molecule has 2 nitrogen and oxygen atoms in total. The fraction of sp³-hybridized carbons (Fsp3) is 0.850. The zero-order chi connectivity index (χ0) is 16.0. The standard InChI is InChI=1S/C20H37NO/c1-19(2)16-18-21-17-14-12-10-8-6-4-3-5-7-9-11-13-15-20(21)22/h16H,3-15,17-18H2,1-2H3. The van der Waals surface area contributed by atoms with Crippen molar-refractivity contribution in [2.24, 2.45) is 0 Å². The Hall–Kier alpha value is -0.790. The van der Waals surface area contributed by atoms with Crippen LogP contribution >= 0.6 is 0 Å². The van der Waals surface area contributed by atoms with Gasteiger partial charge < -0.3 is 4.90 Å². The molecule has 0 bridgehead atoms. The lowest BCUT2D eigenvalue weighted by Gasteiger charge is -2.22. The number of hydrogen-bond acceptors (Lipinski definition) is 1. The summed E-state index contributed by atoms with van der Waals surface area (Å²) in [6, 6.07) is 0. The summed E-state index contributed by atoms with van der Waals surface area (Å²) in [5, 5.41) is 0. The van der Waals surface area contributed by atoms with E-state index in [-0.39, 0.29) is 0 Å². The number of rotatable bonds is 2. The molecule has 0 spiro atoms. The lowest BCUT2D eigenvalue weighted by atomic mass is 10.0. The van der Waals surface area contributed by atoms with E-state index in [4.69, 9.17) is 0 Å². The van der Waals surface area contributed by atoms with Gasteiger partial charge in [-0.05, 0) is 26.7 Å². The van der Waals surface area contributed by atoms with E-state index in [9.17, 15) is 4.79 Å². The first-order chi connectivity index (χ1) is 10.7. The molecule has 0 aromatic heterocycles. The third-order valence-electron chi connectivity index (χ3n) is 4.64. The zero-order valence-electron chi connectivity index (χ0n) is 15.0. The van der Waals surface area contributed by atoms with Crippen LogP contribution in [-0.4, -0.2) is 23.9 Å². The van der Waals surface area contributed by atoms with E-state index in [0.29, 0.717) is 5.91 Å². The fourth-order valence-corrected chi connectivity index (χ4v) is 3.12. The van der Waals surface area contributed by atoms with Gasteiger partial charge in [-0.15, -0.1) is 0 Å². The molecular weight excluding hydrogens is 270 g/mol. The van der Waals surface area contributed by atoms with Crippen LogP contribution in [-0.2, 0) is 4.79 Å². The van der Waals surface area contributed by atoms with E-state index in [0.717, 1.165) is 25.9 Å². The summed E-state index contributed by atoms with van der Waals surface area (Å²) in [5.41, 5.74) is 1.31. The van der Waals surface area contributed by atoms with Gasteiger partial charge in [0.1, 0.15) is 0 Å². The molecule has 1 amide bonds. The number of carbonyl (C=O) groups is 1. The first-order valence-electron chi connectivity index (χ1n) is 9.61. The third kappa shape index (κ3) is 10.0. The number of carbonyl (C=O) groups excluding carboxylic acids is 1. The van der Waals surface area contributed by atoms with Gasteiger partial charge in [-0.2, -0.15) is 0 Å². The molecule has 1 rings (SSSR count). The van der Waals surface area contributed by atoms with Crippen LogP contribution in [0, 0.1) is 0 Å². The first-order valence-corrected chi connectivity index (χ1v) is 9.61. The molecule has 0 aliphatic carbocycles. The van der Waals surface area contributed by atoms with Crippen LogP contribution in [0.25, 0.3) is 0 Å². The van der Waals surface area contributed by atoms with Crippen molar-refractivity contribution in [2.75, 3.05) is 13.1 Å². The summed E-state index contributed by atoms with van der Waals surface area (Å²) in [7, 11) is 0. The second-order valence-corrected chi connectivity index (χ2v) is 7.11. The molecular formula is C20H37NO. The second kappa shape index (κ2) is 12.7. The van der Waals surface area contributed by atoms with E-state index in [1.54, 1.807) is 0 Å². The predicted molar refractivity (Wildman–Crippen MR) is 96.0 cm³/mol. The van der Waals surface area contributed by atoms with Crippen molar-refractivity contribution >= 4 is 5.91 Å². The summed E-state index contributed by atoms with van der Waals surface area (Å²) >= 11 is 0. The van der Waals surface area contributed by atoms with Crippen molar-refractivity contribution < 1.29 is 4.79 Å². The number of amides is 1. The van der Waals surface area contributed by atoms with Gasteiger partial charge in [0.15, 0.2) is 0 Å². The molecule has 22 heavy (non-hydrogen) atoms. The Morgan fingerprint density at radius 2 is 1.27 bits per heavy atom. The third-order valence-corrected chi connectivity index (χ3v) is 4.64. The smallest absolute Gasteiger partial charge is 0.222 e. The Labute approximate surface area is 138 Å². The van der Waals surface area contributed by atoms with Gasteiger partial charge in [0.05, 0.1) is 0 Å². The predicted octanol–water partition coefficient (Wildman–Crippen LogP) is 5.87. The molecule has 0 N–H and O–H groups in total. The summed E-state index contributed by atoms with van der Waals surface area (Å²) in [5.74, 6) is 0.365. The second-order valence-electron chi connectivity index (χ2n) is 7.11. The molecule has 1 aliphatic heterocycles. The Kier molecular flexibility index (Phi) is 11.1. The maximum Gasteiger partial charge on any atom is 0.222 e. The SMILES string of the molecule is CC(C)=CCN1CCCCCCCCCCCCCCC1=O. The molecule has 1 aliphatic rings. The Bertz CT molecular complexity index is 318. The highest BCUT2D eigenvalue weighted by Gasteiger charge is 2.11. The van der Waals surface area contributed by atoms with Gasteiger partial charge >= 0.3 is 0 Å². The molecule has 0 radical (unpaired) electrons. The summed E-state index contributed by atoms with van der Waals surface area (Å²) in [6.07, 6.45) is 18.7. The van der Waals surface area contributed by atoms with Gasteiger partial charge in [-0.25, -0.2) is 0 Å². The van der Waals surface area contributed by atoms with Gasteiger partial charge in [0.2, 0.25) is 5.91 Å². The monoisotopic (exact) mass is 307 g/mol. The summed E-state index contributed by atoms with van der Waals surface area (Å²) in [6.45, 7) is 5.98. The Balaban J connectivity index is 2.43. The quantitative estimate of drug-likeness (QED) is 0.584. The topological polar surface area (TPSA) is 20.3 Å². The Morgan fingerprint density at radius 1 is 0.818 bits per heavy atom. The van der Waals surface area contributed by atoms with Crippen molar-refractivity contribution in [3.05, 3.63) is 11.6 Å². The van der Waals surface area contributed by atoms with Crippen LogP contribution in [0.1, 0.15) is 97.3 Å². The molecule has 2 heteroatoms. The van der Waals surface area contributed by atoms with Crippen molar-refractivity contribution in [1.29, 1.82) is 0 Å². The molecule has 1 heterocycles. The number of nitrogens with zero attached hydrogens (tertiary/aromatic N) is 1. The fourth-order valence-electron chi connectivity index (χ4n) is 3.12. The minimum absolute atomic E-state index is 0.365. The molecule has 0 unspecified atom stereocenters. The summed E-state index contributed by atoms with van der Waals surface area (Å²) < 4.78 is 0. The van der Waals surface area contributed by atoms with Crippen molar-refractivity contribution in [2.45, 2.75) is 97.3 Å². The highest BCUT2D eigenvalue weighted by atomic mass is 16.2. The van der Waals surface area contributed by atoms with Gasteiger partial charge in [-0.1, -0.05) is 75.9 Å². The molecule has 0 saturated carbocycles. The van der Waals surface area contributed by atoms with Crippen LogP contribution < -0.4 is 0 Å². The molecule has 0 aromatic carbocycles. The van der Waals surface area contributed by atoms with Crippen LogP contribution in [0.5, 0.6) is 0 Å². The van der Waals surface area contributed by atoms with Crippen LogP contribution in [0.3, 0.4) is 0 Å². The molecule has 1 saturated heterocycles. The van der Waals surface area contributed by atoms with E-state index in [1.165, 1.54) is 76.2 Å². The maximum absolute atomic E-state index is 12.4. The average molecular weight is 308 g/mol. The van der Waals surface area contributed by atoms with Crippen molar-refractivity contribution in [3.8, 4) is 0 Å². The maximum atomic E-state index is 12.4. The van der Waals surface area contributed by atoms with Crippen LogP contribution in [0.4, 0.5) is 0 Å². The van der Waals surface area contributed by atoms with E-state index in [1.807, 2.05) is 0 Å². The molecule has 128 valence electrons. The van der Waals surface area contributed by atoms with E-state index < -0.39 is 0 Å². The van der Waals surface area contributed by atoms with Crippen LogP contribution in [0.15, 0.2) is 11.6 Å². The van der Waals surface area contributed by atoms with Crippen molar-refractivity contribution in [3.63, 3.8) is 0 Å². The van der Waals surface area contributed by atoms with E-state index in [2.05, 4.69) is 24.8 Å². The summed E-state index contributed by atoms with van der Waals surface area (Å²) in [4.78, 5) is 14.5. The zero-order valence-corrected chi connectivity index (χ0v) is 15.0. The van der Waals surface area contributed by atoms with Gasteiger partial charge in [0.25, 0.3) is 0 Å². The number of allylic oxidation sites excluding steroid dienone is 1. The molecule has 0 atom stereocenters. The lowest BCUT2D eigenvalue weighted by molar-refractivity contribution is -0.130. The highest BCUT2D eigenvalue weighted by molar-refractivity contribution is 5.76. The average Bonchev–Trinajstić information content (AvgIpc) is 2.48. The lowest BCUT2D eigenvalue weighted by Crippen LogP contribution is -2.32. The molecule has 1 fully saturated rings. The minimum atomic E-state index is 0.365. The van der Waals surface area contributed by atoms with Crippen molar-refractivity contribution in [1.82, 2.24) is 4.90 Å². The Morgan fingerprint density at radius 3 is 1.77 bits per heavy atom. The molecule has 0 aromatic rings.